The summed E-state index contributed by atoms with van der Waals surface area (Å²) in [5, 5.41) is 11.8. The lowest BCUT2D eigenvalue weighted by Gasteiger charge is -2.13. The van der Waals surface area contributed by atoms with Crippen LogP contribution in [-0.4, -0.2) is 34.4 Å². The van der Waals surface area contributed by atoms with Crippen LogP contribution in [0.25, 0.3) is 0 Å². The first-order valence-electron chi connectivity index (χ1n) is 6.04. The van der Waals surface area contributed by atoms with Gasteiger partial charge in [0.15, 0.2) is 5.78 Å². The Morgan fingerprint density at radius 2 is 2.00 bits per heavy atom. The molecule has 1 rings (SSSR count). The summed E-state index contributed by atoms with van der Waals surface area (Å²) in [6.07, 6.45) is 0.653. The molecule has 0 fully saturated rings. The fourth-order valence-electron chi connectivity index (χ4n) is 2.04. The average Bonchev–Trinajstić information content (AvgIpc) is 2.61. The van der Waals surface area contributed by atoms with Gasteiger partial charge in [-0.2, -0.15) is 0 Å². The molecule has 1 amide bonds. The van der Waals surface area contributed by atoms with Crippen LogP contribution in [0.15, 0.2) is 0 Å². The van der Waals surface area contributed by atoms with E-state index in [2.05, 4.69) is 10.3 Å². The van der Waals surface area contributed by atoms with Crippen LogP contribution in [0.2, 0.25) is 0 Å². The molecule has 1 aromatic heterocycles. The number of Topliss-reactive ketones (excluding diaryl/α,β-unsaturated/α-hetero) is 1. The molecule has 0 bridgehead atoms. The van der Waals surface area contributed by atoms with Crippen molar-refractivity contribution in [2.45, 2.75) is 40.2 Å². The molecule has 0 aliphatic heterocycles. The van der Waals surface area contributed by atoms with Crippen molar-refractivity contribution in [3.8, 4) is 0 Å². The number of aliphatic hydroxyl groups excluding tert-OH is 1. The molecule has 18 heavy (non-hydrogen) atoms. The minimum atomic E-state index is -0.288. The second-order valence-corrected chi connectivity index (χ2v) is 4.44. The number of carbonyl (C=O) groups is 2. The van der Waals surface area contributed by atoms with Crippen molar-refractivity contribution >= 4 is 11.7 Å². The zero-order valence-electron chi connectivity index (χ0n) is 11.3. The molecule has 0 aromatic carbocycles. The minimum Gasteiger partial charge on any atom is -0.394 e. The third-order valence-corrected chi connectivity index (χ3v) is 3.07. The second-order valence-electron chi connectivity index (χ2n) is 4.44. The van der Waals surface area contributed by atoms with Crippen molar-refractivity contribution in [2.24, 2.45) is 0 Å². The predicted octanol–water partition coefficient (Wildman–Crippen LogP) is 1.33. The lowest BCUT2D eigenvalue weighted by atomic mass is 10.1. The van der Waals surface area contributed by atoms with Gasteiger partial charge in [0.25, 0.3) is 5.91 Å². The van der Waals surface area contributed by atoms with Crippen molar-refractivity contribution in [2.75, 3.05) is 6.61 Å². The monoisotopic (exact) mass is 252 g/mol. The summed E-state index contributed by atoms with van der Waals surface area (Å²) in [7, 11) is 0. The van der Waals surface area contributed by atoms with E-state index in [0.29, 0.717) is 28.9 Å². The zero-order valence-corrected chi connectivity index (χ0v) is 11.3. The third kappa shape index (κ3) is 2.79. The Morgan fingerprint density at radius 1 is 1.39 bits per heavy atom. The Kier molecular flexibility index (Phi) is 4.67. The van der Waals surface area contributed by atoms with Gasteiger partial charge in [0.05, 0.1) is 12.6 Å². The highest BCUT2D eigenvalue weighted by atomic mass is 16.3. The number of hydrogen-bond donors (Lipinski definition) is 3. The predicted molar refractivity (Wildman–Crippen MR) is 68.9 cm³/mol. The van der Waals surface area contributed by atoms with Crippen molar-refractivity contribution < 1.29 is 14.7 Å². The summed E-state index contributed by atoms with van der Waals surface area (Å²) < 4.78 is 0. The van der Waals surface area contributed by atoms with Crippen LogP contribution >= 0.6 is 0 Å². The topological polar surface area (TPSA) is 82.2 Å². The van der Waals surface area contributed by atoms with Crippen molar-refractivity contribution in [1.82, 2.24) is 10.3 Å². The van der Waals surface area contributed by atoms with E-state index in [0.717, 1.165) is 0 Å². The maximum absolute atomic E-state index is 12.0. The van der Waals surface area contributed by atoms with Gasteiger partial charge in [0.2, 0.25) is 0 Å². The molecule has 0 spiro atoms. The number of ketones is 1. The van der Waals surface area contributed by atoms with Crippen LogP contribution in [-0.2, 0) is 0 Å². The third-order valence-electron chi connectivity index (χ3n) is 3.07. The second kappa shape index (κ2) is 5.82. The van der Waals surface area contributed by atoms with Gasteiger partial charge in [-0.3, -0.25) is 9.59 Å². The smallest absolute Gasteiger partial charge is 0.268 e. The molecule has 0 aliphatic carbocycles. The Hall–Kier alpha value is -1.62. The standard InChI is InChI=1S/C13H20N2O3/c1-5-10(6-16)15-13(18)12-7(2)11(9(4)17)8(3)14-12/h10,14,16H,5-6H2,1-4H3,(H,15,18). The van der Waals surface area contributed by atoms with Crippen LogP contribution < -0.4 is 5.32 Å². The van der Waals surface area contributed by atoms with E-state index in [1.165, 1.54) is 6.92 Å². The largest absolute Gasteiger partial charge is 0.394 e. The van der Waals surface area contributed by atoms with Crippen LogP contribution in [0.4, 0.5) is 0 Å². The Balaban J connectivity index is 3.01. The van der Waals surface area contributed by atoms with Gasteiger partial charge in [0, 0.05) is 11.3 Å². The molecule has 0 saturated heterocycles. The summed E-state index contributed by atoms with van der Waals surface area (Å²) in [5.41, 5.74) is 2.31. The van der Waals surface area contributed by atoms with Gasteiger partial charge in [-0.15, -0.1) is 0 Å². The number of aryl methyl sites for hydroxylation is 1. The number of aromatic nitrogens is 1. The molecule has 1 heterocycles. The van der Waals surface area contributed by atoms with Gasteiger partial charge in [-0.1, -0.05) is 6.92 Å². The van der Waals surface area contributed by atoms with E-state index in [1.54, 1.807) is 13.8 Å². The number of aromatic amines is 1. The zero-order chi connectivity index (χ0) is 13.9. The number of carbonyl (C=O) groups excluding carboxylic acids is 2. The van der Waals surface area contributed by atoms with E-state index in [9.17, 15) is 9.59 Å². The maximum Gasteiger partial charge on any atom is 0.268 e. The molecule has 100 valence electrons. The lowest BCUT2D eigenvalue weighted by Crippen LogP contribution is -2.37. The number of aliphatic hydroxyl groups is 1. The molecule has 1 unspecified atom stereocenters. The van der Waals surface area contributed by atoms with Crippen LogP contribution in [0.5, 0.6) is 0 Å². The summed E-state index contributed by atoms with van der Waals surface area (Å²) in [6, 6.07) is -0.263. The van der Waals surface area contributed by atoms with Crippen molar-refractivity contribution in [3.63, 3.8) is 0 Å². The molecule has 0 aliphatic rings. The van der Waals surface area contributed by atoms with Crippen LogP contribution in [0, 0.1) is 13.8 Å². The van der Waals surface area contributed by atoms with Crippen molar-refractivity contribution in [3.05, 3.63) is 22.5 Å². The van der Waals surface area contributed by atoms with Gasteiger partial charge in [0.1, 0.15) is 5.69 Å². The quantitative estimate of drug-likeness (QED) is 0.691. The van der Waals surface area contributed by atoms with E-state index in [4.69, 9.17) is 5.11 Å². The van der Waals surface area contributed by atoms with Crippen LogP contribution in [0.1, 0.15) is 52.4 Å². The maximum atomic E-state index is 12.0. The lowest BCUT2D eigenvalue weighted by molar-refractivity contribution is 0.0909. The van der Waals surface area contributed by atoms with Gasteiger partial charge in [-0.25, -0.2) is 0 Å². The van der Waals surface area contributed by atoms with Gasteiger partial charge >= 0.3 is 0 Å². The Morgan fingerprint density at radius 3 is 2.39 bits per heavy atom. The number of nitrogens with one attached hydrogen (secondary N) is 2. The Labute approximate surface area is 107 Å². The van der Waals surface area contributed by atoms with Gasteiger partial charge in [-0.05, 0) is 32.8 Å². The van der Waals surface area contributed by atoms with E-state index >= 15 is 0 Å². The fraction of sp³-hybridized carbons (Fsp3) is 0.538. The van der Waals surface area contributed by atoms with Crippen molar-refractivity contribution in [1.29, 1.82) is 0 Å². The molecule has 0 saturated carbocycles. The molecule has 3 N–H and O–H groups in total. The normalized spacial score (nSPS) is 12.3. The van der Waals surface area contributed by atoms with E-state index < -0.39 is 0 Å². The van der Waals surface area contributed by atoms with E-state index in [-0.39, 0.29) is 24.3 Å². The number of H-pyrrole nitrogens is 1. The highest BCUT2D eigenvalue weighted by Crippen LogP contribution is 2.18. The highest BCUT2D eigenvalue weighted by Gasteiger charge is 2.20. The molecular formula is C13H20N2O3. The summed E-state index contributed by atoms with van der Waals surface area (Å²) in [6.45, 7) is 6.78. The Bertz CT molecular complexity index is 459. The summed E-state index contributed by atoms with van der Waals surface area (Å²) in [5.74, 6) is -0.349. The summed E-state index contributed by atoms with van der Waals surface area (Å²) in [4.78, 5) is 26.4. The molecular weight excluding hydrogens is 232 g/mol. The number of hydrogen-bond acceptors (Lipinski definition) is 3. The number of rotatable bonds is 5. The first kappa shape index (κ1) is 14.4. The van der Waals surface area contributed by atoms with Crippen LogP contribution in [0.3, 0.4) is 0 Å². The fourth-order valence-corrected chi connectivity index (χ4v) is 2.04. The first-order chi connectivity index (χ1) is 8.42. The SMILES string of the molecule is CCC(CO)NC(=O)c1[nH]c(C)c(C(C)=O)c1C. The van der Waals surface area contributed by atoms with Gasteiger partial charge < -0.3 is 15.4 Å². The molecule has 1 atom stereocenters. The molecule has 5 nitrogen and oxygen atoms in total. The van der Waals surface area contributed by atoms with E-state index in [1.807, 2.05) is 6.92 Å². The minimum absolute atomic E-state index is 0.0606. The molecule has 0 radical (unpaired) electrons. The average molecular weight is 252 g/mol. The summed E-state index contributed by atoms with van der Waals surface area (Å²) >= 11 is 0. The number of amides is 1. The molecule has 1 aromatic rings. The first-order valence-corrected chi connectivity index (χ1v) is 6.04. The molecule has 5 heteroatoms. The highest BCUT2D eigenvalue weighted by molar-refractivity contribution is 6.02.